The van der Waals surface area contributed by atoms with Gasteiger partial charge in [0.15, 0.2) is 5.30 Å². The van der Waals surface area contributed by atoms with Crippen molar-refractivity contribution < 1.29 is 14.7 Å². The molecule has 0 aromatic heterocycles. The number of rotatable bonds is 2. The van der Waals surface area contributed by atoms with E-state index in [1.54, 1.807) is 12.1 Å². The van der Waals surface area contributed by atoms with Crippen LogP contribution in [0.25, 0.3) is 0 Å². The second-order valence-electron chi connectivity index (χ2n) is 2.59. The van der Waals surface area contributed by atoms with Gasteiger partial charge in [-0.15, -0.1) is 0 Å². The third-order valence-electron chi connectivity index (χ3n) is 1.69. The fraction of sp³-hybridized carbons (Fsp3) is 0.250. The van der Waals surface area contributed by atoms with Crippen LogP contribution in [0.5, 0.6) is 0 Å². The first-order chi connectivity index (χ1) is 5.54. The molecule has 0 amide bonds. The molecule has 0 unspecified atom stereocenters. The Morgan fingerprint density at radius 3 is 1.92 bits per heavy atom. The molecule has 3 N–H and O–H groups in total. The Morgan fingerprint density at radius 2 is 1.58 bits per heavy atom. The Kier molecular flexibility index (Phi) is 2.80. The predicted molar refractivity (Wildman–Crippen MR) is 49.0 cm³/mol. The molecule has 1 rings (SSSR count). The highest BCUT2D eigenvalue weighted by Crippen LogP contribution is 2.42. The Bertz CT molecular complexity index is 250. The van der Waals surface area contributed by atoms with Crippen molar-refractivity contribution >= 4 is 13.2 Å². The molecule has 0 aliphatic carbocycles. The molecule has 12 heavy (non-hydrogen) atoms. The molecule has 0 aliphatic heterocycles. The third kappa shape index (κ3) is 2.26. The lowest BCUT2D eigenvalue weighted by molar-refractivity contribution is 0.347. The van der Waals surface area contributed by atoms with E-state index in [0.717, 1.165) is 12.0 Å². The normalized spacial score (nSPS) is 11.7. The van der Waals surface area contributed by atoms with Crippen LogP contribution in [0.4, 0.5) is 0 Å². The number of benzene rings is 1. The van der Waals surface area contributed by atoms with Crippen LogP contribution in [0, 0.1) is 0 Å². The molecule has 0 aliphatic rings. The molecule has 1 aromatic carbocycles. The first-order valence-corrected chi connectivity index (χ1v) is 5.35. The SMILES string of the molecule is CCc1ccc([P+](O)(O)O)cc1. The van der Waals surface area contributed by atoms with Crippen molar-refractivity contribution in [1.29, 1.82) is 0 Å². The van der Waals surface area contributed by atoms with Crippen LogP contribution in [-0.4, -0.2) is 14.7 Å². The van der Waals surface area contributed by atoms with Gasteiger partial charge in [-0.05, 0) is 24.1 Å². The summed E-state index contributed by atoms with van der Waals surface area (Å²) < 4.78 is 0. The van der Waals surface area contributed by atoms with Crippen molar-refractivity contribution in [2.75, 3.05) is 0 Å². The Labute approximate surface area is 71.9 Å². The number of hydrogen-bond acceptors (Lipinski definition) is 3. The summed E-state index contributed by atoms with van der Waals surface area (Å²) in [7, 11) is -3.80. The van der Waals surface area contributed by atoms with Crippen molar-refractivity contribution in [2.24, 2.45) is 0 Å². The third-order valence-corrected chi connectivity index (χ3v) is 2.68. The summed E-state index contributed by atoms with van der Waals surface area (Å²) >= 11 is 0. The highest BCUT2D eigenvalue weighted by molar-refractivity contribution is 7.66. The molecule has 0 heterocycles. The zero-order valence-electron chi connectivity index (χ0n) is 6.81. The van der Waals surface area contributed by atoms with Gasteiger partial charge in [0.25, 0.3) is 0 Å². The fourth-order valence-corrected chi connectivity index (χ4v) is 1.48. The van der Waals surface area contributed by atoms with Gasteiger partial charge in [0, 0.05) is 0 Å². The predicted octanol–water partition coefficient (Wildman–Crippen LogP) is 0.614. The summed E-state index contributed by atoms with van der Waals surface area (Å²) in [6, 6.07) is 6.61. The van der Waals surface area contributed by atoms with Gasteiger partial charge in [0.1, 0.15) is 0 Å². The van der Waals surface area contributed by atoms with E-state index in [1.165, 1.54) is 12.1 Å². The molecule has 4 heteroatoms. The molecule has 1 aromatic rings. The van der Waals surface area contributed by atoms with Gasteiger partial charge >= 0.3 is 7.94 Å². The van der Waals surface area contributed by atoms with Crippen LogP contribution in [0.1, 0.15) is 12.5 Å². The zero-order valence-corrected chi connectivity index (χ0v) is 7.70. The van der Waals surface area contributed by atoms with E-state index in [1.807, 2.05) is 6.92 Å². The highest BCUT2D eigenvalue weighted by atomic mass is 31.2. The van der Waals surface area contributed by atoms with Crippen molar-refractivity contribution in [3.05, 3.63) is 29.8 Å². The van der Waals surface area contributed by atoms with E-state index < -0.39 is 7.94 Å². The van der Waals surface area contributed by atoms with Gasteiger partial charge in [-0.2, -0.15) is 14.7 Å². The molecule has 0 atom stereocenters. The topological polar surface area (TPSA) is 60.7 Å². The average molecular weight is 187 g/mol. The average Bonchev–Trinajstić information content (AvgIpc) is 2.03. The van der Waals surface area contributed by atoms with Gasteiger partial charge in [-0.1, -0.05) is 19.1 Å². The minimum Gasteiger partial charge on any atom is -0.189 e. The van der Waals surface area contributed by atoms with Gasteiger partial charge < -0.3 is 0 Å². The molecule has 0 saturated heterocycles. The van der Waals surface area contributed by atoms with Crippen LogP contribution >= 0.6 is 7.94 Å². The lowest BCUT2D eigenvalue weighted by Crippen LogP contribution is -2.08. The first-order valence-electron chi connectivity index (χ1n) is 3.71. The van der Waals surface area contributed by atoms with Crippen LogP contribution in [0.3, 0.4) is 0 Å². The summed E-state index contributed by atoms with van der Waals surface area (Å²) in [4.78, 5) is 26.6. The smallest absolute Gasteiger partial charge is 0.189 e. The molecule has 0 radical (unpaired) electrons. The standard InChI is InChI=1S/C8H12O3P/c1-2-7-3-5-8(6-4-7)12(9,10)11/h3-6,9-11H,2H2,1H3/q+1. The molecule has 66 valence electrons. The van der Waals surface area contributed by atoms with E-state index in [9.17, 15) is 0 Å². The number of hydrogen-bond donors (Lipinski definition) is 3. The van der Waals surface area contributed by atoms with E-state index in [4.69, 9.17) is 14.7 Å². The monoisotopic (exact) mass is 187 g/mol. The van der Waals surface area contributed by atoms with Crippen LogP contribution in [-0.2, 0) is 6.42 Å². The fourth-order valence-electron chi connectivity index (χ4n) is 0.932. The maximum absolute atomic E-state index is 8.87. The quantitative estimate of drug-likeness (QED) is 0.594. The van der Waals surface area contributed by atoms with E-state index >= 15 is 0 Å². The van der Waals surface area contributed by atoms with E-state index in [2.05, 4.69) is 0 Å². The first kappa shape index (κ1) is 9.62. The highest BCUT2D eigenvalue weighted by Gasteiger charge is 2.33. The Balaban J connectivity index is 2.93. The van der Waals surface area contributed by atoms with Crippen LogP contribution < -0.4 is 5.30 Å². The van der Waals surface area contributed by atoms with E-state index in [0.29, 0.717) is 0 Å². The molecule has 0 fully saturated rings. The zero-order chi connectivity index (χ0) is 9.19. The van der Waals surface area contributed by atoms with Gasteiger partial charge in [0.2, 0.25) is 0 Å². The summed E-state index contributed by atoms with van der Waals surface area (Å²) in [5.41, 5.74) is 1.10. The van der Waals surface area contributed by atoms with Crippen molar-refractivity contribution in [3.8, 4) is 0 Å². The lowest BCUT2D eigenvalue weighted by Gasteiger charge is -2.03. The van der Waals surface area contributed by atoms with Gasteiger partial charge in [-0.25, -0.2) is 0 Å². The van der Waals surface area contributed by atoms with Gasteiger partial charge in [-0.3, -0.25) is 0 Å². The minimum absolute atomic E-state index is 0.194. The largest absolute Gasteiger partial charge is 0.440 e. The molecular weight excluding hydrogens is 175 g/mol. The molecule has 3 nitrogen and oxygen atoms in total. The summed E-state index contributed by atoms with van der Waals surface area (Å²) in [6.45, 7) is 2.01. The van der Waals surface area contributed by atoms with Crippen LogP contribution in [0.2, 0.25) is 0 Å². The maximum Gasteiger partial charge on any atom is 0.440 e. The molecule has 0 bridgehead atoms. The second-order valence-corrected chi connectivity index (χ2v) is 4.24. The minimum atomic E-state index is -3.80. The summed E-state index contributed by atoms with van der Waals surface area (Å²) in [6.07, 6.45) is 0.897. The molecule has 0 saturated carbocycles. The molecular formula is C8H12O3P+. The number of aryl methyl sites for hydroxylation is 1. The van der Waals surface area contributed by atoms with Crippen molar-refractivity contribution in [3.63, 3.8) is 0 Å². The van der Waals surface area contributed by atoms with Crippen molar-refractivity contribution in [1.82, 2.24) is 0 Å². The molecule has 0 spiro atoms. The maximum atomic E-state index is 8.87. The van der Waals surface area contributed by atoms with E-state index in [-0.39, 0.29) is 5.30 Å². The Hall–Kier alpha value is -0.470. The Morgan fingerprint density at radius 1 is 1.08 bits per heavy atom. The van der Waals surface area contributed by atoms with Crippen LogP contribution in [0.15, 0.2) is 24.3 Å². The van der Waals surface area contributed by atoms with Crippen molar-refractivity contribution in [2.45, 2.75) is 13.3 Å². The second kappa shape index (κ2) is 3.50. The van der Waals surface area contributed by atoms with Gasteiger partial charge in [0.05, 0.1) is 0 Å². The summed E-state index contributed by atoms with van der Waals surface area (Å²) in [5.74, 6) is 0. The lowest BCUT2D eigenvalue weighted by atomic mass is 10.2. The summed E-state index contributed by atoms with van der Waals surface area (Å²) in [5, 5.41) is 0.194.